The Balaban J connectivity index is 2.49. The molecule has 0 bridgehead atoms. The minimum atomic E-state index is 0.628. The monoisotopic (exact) mass is 263 g/mol. The fourth-order valence-corrected chi connectivity index (χ4v) is 1.84. The number of pyridine rings is 1. The van der Waals surface area contributed by atoms with Gasteiger partial charge in [0.1, 0.15) is 0 Å². The maximum absolute atomic E-state index is 5.09. The van der Waals surface area contributed by atoms with E-state index in [2.05, 4.69) is 20.9 Å². The van der Waals surface area contributed by atoms with Crippen LogP contribution in [0.4, 0.5) is 0 Å². The van der Waals surface area contributed by atoms with E-state index in [1.54, 1.807) is 7.11 Å². The minimum Gasteiger partial charge on any atom is -0.481 e. The minimum absolute atomic E-state index is 0.628. The summed E-state index contributed by atoms with van der Waals surface area (Å²) in [5, 5.41) is 0. The Morgan fingerprint density at radius 3 is 2.60 bits per heavy atom. The highest BCUT2D eigenvalue weighted by Crippen LogP contribution is 2.27. The van der Waals surface area contributed by atoms with E-state index in [9.17, 15) is 0 Å². The smallest absolute Gasteiger partial charge is 0.213 e. The van der Waals surface area contributed by atoms with Crippen LogP contribution in [-0.4, -0.2) is 12.1 Å². The number of ether oxygens (including phenoxy) is 1. The lowest BCUT2D eigenvalue weighted by Crippen LogP contribution is -1.89. The Morgan fingerprint density at radius 2 is 1.87 bits per heavy atom. The fourth-order valence-electron chi connectivity index (χ4n) is 1.35. The molecule has 1 aromatic carbocycles. The number of aromatic nitrogens is 1. The van der Waals surface area contributed by atoms with Crippen molar-refractivity contribution in [3.05, 3.63) is 46.9 Å². The predicted octanol–water partition coefficient (Wildman–Crippen LogP) is 3.52. The molecule has 0 aliphatic rings. The fraction of sp³-hybridized carbons (Fsp3) is 0.0833. The Hall–Kier alpha value is -1.35. The van der Waals surface area contributed by atoms with Gasteiger partial charge in [-0.25, -0.2) is 4.98 Å². The highest BCUT2D eigenvalue weighted by molar-refractivity contribution is 9.10. The molecule has 2 nitrogen and oxygen atoms in total. The van der Waals surface area contributed by atoms with Crippen LogP contribution in [0.25, 0.3) is 11.3 Å². The first-order chi connectivity index (χ1) is 7.31. The SMILES string of the molecule is COc1cccc(-c2ccccc2Br)n1. The molecule has 0 atom stereocenters. The van der Waals surface area contributed by atoms with Crippen LogP contribution in [0.5, 0.6) is 5.88 Å². The van der Waals surface area contributed by atoms with Crippen molar-refractivity contribution in [2.75, 3.05) is 7.11 Å². The van der Waals surface area contributed by atoms with Crippen molar-refractivity contribution in [1.29, 1.82) is 0 Å². The molecule has 1 aromatic heterocycles. The summed E-state index contributed by atoms with van der Waals surface area (Å²) in [6.45, 7) is 0. The molecule has 0 spiro atoms. The molecule has 0 unspecified atom stereocenters. The van der Waals surface area contributed by atoms with Crippen LogP contribution in [0.2, 0.25) is 0 Å². The van der Waals surface area contributed by atoms with Crippen molar-refractivity contribution in [3.63, 3.8) is 0 Å². The average molecular weight is 264 g/mol. The Kier molecular flexibility index (Phi) is 3.02. The predicted molar refractivity (Wildman–Crippen MR) is 63.9 cm³/mol. The molecule has 1 heterocycles. The molecule has 0 saturated heterocycles. The van der Waals surface area contributed by atoms with Crippen molar-refractivity contribution in [2.45, 2.75) is 0 Å². The van der Waals surface area contributed by atoms with Crippen molar-refractivity contribution < 1.29 is 4.74 Å². The van der Waals surface area contributed by atoms with E-state index < -0.39 is 0 Å². The zero-order valence-electron chi connectivity index (χ0n) is 8.27. The number of rotatable bonds is 2. The molecule has 0 amide bonds. The van der Waals surface area contributed by atoms with Gasteiger partial charge in [-0.3, -0.25) is 0 Å². The first-order valence-electron chi connectivity index (χ1n) is 4.57. The van der Waals surface area contributed by atoms with Gasteiger partial charge >= 0.3 is 0 Å². The molecular weight excluding hydrogens is 254 g/mol. The Bertz CT molecular complexity index is 471. The van der Waals surface area contributed by atoms with Crippen LogP contribution >= 0.6 is 15.9 Å². The molecule has 76 valence electrons. The van der Waals surface area contributed by atoms with Crippen LogP contribution in [0.15, 0.2) is 46.9 Å². The molecule has 0 aliphatic carbocycles. The topological polar surface area (TPSA) is 22.1 Å². The second-order valence-electron chi connectivity index (χ2n) is 3.05. The first-order valence-corrected chi connectivity index (χ1v) is 5.36. The van der Waals surface area contributed by atoms with Crippen LogP contribution in [-0.2, 0) is 0 Å². The van der Waals surface area contributed by atoms with Crippen LogP contribution in [0.1, 0.15) is 0 Å². The molecule has 0 aliphatic heterocycles. The van der Waals surface area contributed by atoms with Gasteiger partial charge in [0.05, 0.1) is 12.8 Å². The van der Waals surface area contributed by atoms with Gasteiger partial charge in [-0.15, -0.1) is 0 Å². The van der Waals surface area contributed by atoms with E-state index in [1.165, 1.54) is 0 Å². The van der Waals surface area contributed by atoms with Gasteiger partial charge in [0.15, 0.2) is 0 Å². The number of benzene rings is 1. The van der Waals surface area contributed by atoms with Gasteiger partial charge in [0, 0.05) is 16.1 Å². The standard InChI is InChI=1S/C12H10BrNO/c1-15-12-8-4-7-11(14-12)9-5-2-3-6-10(9)13/h2-8H,1H3. The third-order valence-electron chi connectivity index (χ3n) is 2.08. The Morgan fingerprint density at radius 1 is 1.07 bits per heavy atom. The number of hydrogen-bond donors (Lipinski definition) is 0. The van der Waals surface area contributed by atoms with Gasteiger partial charge in [-0.05, 0) is 12.1 Å². The van der Waals surface area contributed by atoms with Gasteiger partial charge in [-0.2, -0.15) is 0 Å². The number of hydrogen-bond acceptors (Lipinski definition) is 2. The van der Waals surface area contributed by atoms with Crippen molar-refractivity contribution in [2.24, 2.45) is 0 Å². The number of halogens is 1. The zero-order chi connectivity index (χ0) is 10.7. The van der Waals surface area contributed by atoms with E-state index in [1.807, 2.05) is 42.5 Å². The number of nitrogens with zero attached hydrogens (tertiary/aromatic N) is 1. The van der Waals surface area contributed by atoms with Gasteiger partial charge < -0.3 is 4.74 Å². The molecule has 0 N–H and O–H groups in total. The maximum atomic E-state index is 5.09. The van der Waals surface area contributed by atoms with Crippen LogP contribution < -0.4 is 4.74 Å². The molecule has 3 heteroatoms. The zero-order valence-corrected chi connectivity index (χ0v) is 9.86. The molecule has 2 rings (SSSR count). The maximum Gasteiger partial charge on any atom is 0.213 e. The molecular formula is C12H10BrNO. The third-order valence-corrected chi connectivity index (χ3v) is 2.77. The highest BCUT2D eigenvalue weighted by Gasteiger charge is 2.04. The van der Waals surface area contributed by atoms with E-state index in [-0.39, 0.29) is 0 Å². The molecule has 0 saturated carbocycles. The summed E-state index contributed by atoms with van der Waals surface area (Å²) in [4.78, 5) is 4.37. The van der Waals surface area contributed by atoms with Gasteiger partial charge in [0.25, 0.3) is 0 Å². The van der Waals surface area contributed by atoms with Gasteiger partial charge in [-0.1, -0.05) is 40.2 Å². The Labute approximate surface area is 97.1 Å². The third kappa shape index (κ3) is 2.18. The summed E-state index contributed by atoms with van der Waals surface area (Å²) in [6.07, 6.45) is 0. The first kappa shape index (κ1) is 10.2. The summed E-state index contributed by atoms with van der Waals surface area (Å²) in [5.74, 6) is 0.628. The van der Waals surface area contributed by atoms with Crippen molar-refractivity contribution >= 4 is 15.9 Å². The summed E-state index contributed by atoms with van der Waals surface area (Å²) in [5.41, 5.74) is 1.97. The van der Waals surface area contributed by atoms with E-state index in [4.69, 9.17) is 4.74 Å². The molecule has 0 fully saturated rings. The summed E-state index contributed by atoms with van der Waals surface area (Å²) in [6, 6.07) is 13.7. The van der Waals surface area contributed by atoms with Gasteiger partial charge in [0.2, 0.25) is 5.88 Å². The highest BCUT2D eigenvalue weighted by atomic mass is 79.9. The number of methoxy groups -OCH3 is 1. The quantitative estimate of drug-likeness (QED) is 0.827. The molecule has 0 radical (unpaired) electrons. The summed E-state index contributed by atoms with van der Waals surface area (Å²) >= 11 is 3.50. The normalized spacial score (nSPS) is 10.0. The van der Waals surface area contributed by atoms with E-state index in [0.717, 1.165) is 15.7 Å². The largest absolute Gasteiger partial charge is 0.481 e. The molecule has 15 heavy (non-hydrogen) atoms. The molecule has 2 aromatic rings. The lowest BCUT2D eigenvalue weighted by Gasteiger charge is -2.05. The van der Waals surface area contributed by atoms with E-state index >= 15 is 0 Å². The van der Waals surface area contributed by atoms with Crippen LogP contribution in [0, 0.1) is 0 Å². The summed E-state index contributed by atoms with van der Waals surface area (Å²) < 4.78 is 6.12. The second-order valence-corrected chi connectivity index (χ2v) is 3.90. The van der Waals surface area contributed by atoms with E-state index in [0.29, 0.717) is 5.88 Å². The van der Waals surface area contributed by atoms with Crippen molar-refractivity contribution in [1.82, 2.24) is 4.98 Å². The second kappa shape index (κ2) is 4.45. The lowest BCUT2D eigenvalue weighted by atomic mass is 10.1. The lowest BCUT2D eigenvalue weighted by molar-refractivity contribution is 0.398. The summed E-state index contributed by atoms with van der Waals surface area (Å²) in [7, 11) is 1.62. The average Bonchev–Trinajstić information content (AvgIpc) is 2.30. The van der Waals surface area contributed by atoms with Crippen molar-refractivity contribution in [3.8, 4) is 17.1 Å². The van der Waals surface area contributed by atoms with Crippen LogP contribution in [0.3, 0.4) is 0 Å².